The van der Waals surface area contributed by atoms with Crippen LogP contribution in [0.5, 0.6) is 11.5 Å². The predicted molar refractivity (Wildman–Crippen MR) is 109 cm³/mol. The van der Waals surface area contributed by atoms with E-state index in [1.54, 1.807) is 23.5 Å². The van der Waals surface area contributed by atoms with Crippen molar-refractivity contribution in [1.29, 1.82) is 0 Å². The molecule has 0 bridgehead atoms. The third-order valence-electron chi connectivity index (χ3n) is 3.77. The van der Waals surface area contributed by atoms with Gasteiger partial charge in [-0.2, -0.15) is 0 Å². The van der Waals surface area contributed by atoms with Gasteiger partial charge in [-0.3, -0.25) is 10.1 Å². The van der Waals surface area contributed by atoms with E-state index in [0.29, 0.717) is 17.5 Å². The number of carbonyl (C=O) groups is 1. The molecule has 0 radical (unpaired) electrons. The summed E-state index contributed by atoms with van der Waals surface area (Å²) in [6, 6.07) is 11.1. The molecule has 0 unspecified atom stereocenters. The van der Waals surface area contributed by atoms with Gasteiger partial charge in [0.25, 0.3) is 5.91 Å². The number of anilines is 1. The smallest absolute Gasteiger partial charge is 0.264 e. The van der Waals surface area contributed by atoms with E-state index in [-0.39, 0.29) is 12.5 Å². The maximum Gasteiger partial charge on any atom is 0.264 e. The zero-order chi connectivity index (χ0) is 18.8. The molecule has 6 nitrogen and oxygen atoms in total. The Morgan fingerprint density at radius 2 is 1.59 bits per heavy atom. The molecule has 0 saturated carbocycles. The molecule has 2 heterocycles. The Balaban J connectivity index is 1.42. The van der Waals surface area contributed by atoms with Gasteiger partial charge >= 0.3 is 0 Å². The number of aryl methyl sites for hydroxylation is 1. The lowest BCUT2D eigenvalue weighted by Gasteiger charge is -2.07. The fourth-order valence-corrected chi connectivity index (χ4v) is 4.66. The Kier molecular flexibility index (Phi) is 4.91. The molecule has 0 fully saturated rings. The highest BCUT2D eigenvalue weighted by atomic mass is 32.1. The molecule has 0 aliphatic rings. The molecule has 27 heavy (non-hydrogen) atoms. The molecule has 1 amide bonds. The Morgan fingerprint density at radius 1 is 0.963 bits per heavy atom. The van der Waals surface area contributed by atoms with Crippen LogP contribution in [0, 0.1) is 6.92 Å². The van der Waals surface area contributed by atoms with E-state index < -0.39 is 0 Å². The number of amides is 1. The Labute approximate surface area is 163 Å². The van der Waals surface area contributed by atoms with Gasteiger partial charge < -0.3 is 9.47 Å². The van der Waals surface area contributed by atoms with Crippen LogP contribution in [0.4, 0.5) is 5.13 Å². The van der Waals surface area contributed by atoms with Gasteiger partial charge in [-0.25, -0.2) is 9.97 Å². The standard InChI is InChI=1S/C19H17N3O3S2/c1-3-24-12-4-6-13(7-5-12)25-10-16(23)22-19-21-15-9-8-14-17(18(15)27-19)26-11(2)20-14/h4-9H,3,10H2,1-2H3,(H,21,22,23). The van der Waals surface area contributed by atoms with E-state index in [1.165, 1.54) is 11.3 Å². The summed E-state index contributed by atoms with van der Waals surface area (Å²) in [4.78, 5) is 21.2. The average Bonchev–Trinajstić information content (AvgIpc) is 3.23. The maximum atomic E-state index is 12.2. The molecule has 4 aromatic rings. The first-order chi connectivity index (χ1) is 13.1. The molecular weight excluding hydrogens is 382 g/mol. The van der Waals surface area contributed by atoms with Crippen LogP contribution in [-0.2, 0) is 4.79 Å². The molecule has 0 aliphatic carbocycles. The molecule has 0 spiro atoms. The van der Waals surface area contributed by atoms with Crippen molar-refractivity contribution in [3.63, 3.8) is 0 Å². The number of fused-ring (bicyclic) bond motifs is 3. The number of hydrogen-bond acceptors (Lipinski definition) is 7. The molecule has 8 heteroatoms. The minimum absolute atomic E-state index is 0.0843. The molecule has 1 N–H and O–H groups in total. The second-order valence-corrected chi connectivity index (χ2v) is 7.96. The van der Waals surface area contributed by atoms with Gasteiger partial charge in [0.05, 0.1) is 32.0 Å². The van der Waals surface area contributed by atoms with Crippen molar-refractivity contribution in [3.8, 4) is 11.5 Å². The maximum absolute atomic E-state index is 12.2. The van der Waals surface area contributed by atoms with Crippen molar-refractivity contribution < 1.29 is 14.3 Å². The van der Waals surface area contributed by atoms with Crippen LogP contribution < -0.4 is 14.8 Å². The number of rotatable bonds is 6. The first kappa shape index (κ1) is 17.7. The summed E-state index contributed by atoms with van der Waals surface area (Å²) in [5.74, 6) is 1.13. The van der Waals surface area contributed by atoms with Crippen molar-refractivity contribution in [1.82, 2.24) is 9.97 Å². The zero-order valence-corrected chi connectivity index (χ0v) is 16.4. The third kappa shape index (κ3) is 3.86. The van der Waals surface area contributed by atoms with Gasteiger partial charge in [0, 0.05) is 0 Å². The van der Waals surface area contributed by atoms with Crippen molar-refractivity contribution in [2.45, 2.75) is 13.8 Å². The lowest BCUT2D eigenvalue weighted by atomic mass is 10.3. The number of thiazole rings is 2. The van der Waals surface area contributed by atoms with E-state index >= 15 is 0 Å². The van der Waals surface area contributed by atoms with Crippen molar-refractivity contribution in [2.24, 2.45) is 0 Å². The Morgan fingerprint density at radius 3 is 2.30 bits per heavy atom. The molecule has 2 aromatic carbocycles. The van der Waals surface area contributed by atoms with Crippen LogP contribution in [0.2, 0.25) is 0 Å². The number of nitrogens with one attached hydrogen (secondary N) is 1. The molecular formula is C19H17N3O3S2. The van der Waals surface area contributed by atoms with E-state index in [0.717, 1.165) is 31.2 Å². The van der Waals surface area contributed by atoms with Crippen molar-refractivity contribution in [2.75, 3.05) is 18.5 Å². The fraction of sp³-hybridized carbons (Fsp3) is 0.211. The summed E-state index contributed by atoms with van der Waals surface area (Å²) in [5.41, 5.74) is 1.82. The van der Waals surface area contributed by atoms with E-state index in [9.17, 15) is 4.79 Å². The summed E-state index contributed by atoms with van der Waals surface area (Å²) in [7, 11) is 0. The lowest BCUT2D eigenvalue weighted by molar-refractivity contribution is -0.118. The normalized spacial score (nSPS) is 11.0. The van der Waals surface area contributed by atoms with Gasteiger partial charge in [-0.15, -0.1) is 11.3 Å². The summed E-state index contributed by atoms with van der Waals surface area (Å²) >= 11 is 3.09. The topological polar surface area (TPSA) is 73.3 Å². The second kappa shape index (κ2) is 7.50. The first-order valence-electron chi connectivity index (χ1n) is 8.44. The average molecular weight is 399 g/mol. The van der Waals surface area contributed by atoms with Gasteiger partial charge in [-0.1, -0.05) is 11.3 Å². The van der Waals surface area contributed by atoms with E-state index in [2.05, 4.69) is 15.3 Å². The number of aromatic nitrogens is 2. The highest BCUT2D eigenvalue weighted by Crippen LogP contribution is 2.35. The number of carbonyl (C=O) groups excluding carboxylic acids is 1. The summed E-state index contributed by atoms with van der Waals surface area (Å²) in [5, 5.41) is 4.38. The molecule has 2 aromatic heterocycles. The monoisotopic (exact) mass is 399 g/mol. The lowest BCUT2D eigenvalue weighted by Crippen LogP contribution is -2.19. The molecule has 0 atom stereocenters. The van der Waals surface area contributed by atoms with Crippen LogP contribution in [0.25, 0.3) is 20.4 Å². The summed E-state index contributed by atoms with van der Waals surface area (Å²) in [6.45, 7) is 4.44. The van der Waals surface area contributed by atoms with Crippen LogP contribution in [0.1, 0.15) is 11.9 Å². The second-order valence-electron chi connectivity index (χ2n) is 5.76. The minimum atomic E-state index is -0.250. The number of nitrogens with zero attached hydrogens (tertiary/aromatic N) is 2. The number of benzene rings is 2. The van der Waals surface area contributed by atoms with E-state index in [4.69, 9.17) is 9.47 Å². The number of ether oxygens (including phenoxy) is 2. The van der Waals surface area contributed by atoms with Crippen LogP contribution in [-0.4, -0.2) is 29.1 Å². The van der Waals surface area contributed by atoms with Gasteiger partial charge in [0.1, 0.15) is 11.5 Å². The van der Waals surface area contributed by atoms with Crippen LogP contribution in [0.3, 0.4) is 0 Å². The largest absolute Gasteiger partial charge is 0.494 e. The Bertz CT molecular complexity index is 1100. The van der Waals surface area contributed by atoms with Crippen LogP contribution >= 0.6 is 22.7 Å². The van der Waals surface area contributed by atoms with Crippen molar-refractivity contribution >= 4 is 54.1 Å². The van der Waals surface area contributed by atoms with E-state index in [1.807, 2.05) is 38.1 Å². The highest BCUT2D eigenvalue weighted by molar-refractivity contribution is 7.28. The van der Waals surface area contributed by atoms with Gasteiger partial charge in [-0.05, 0) is 50.2 Å². The Hall–Kier alpha value is -2.71. The minimum Gasteiger partial charge on any atom is -0.494 e. The van der Waals surface area contributed by atoms with Crippen LogP contribution in [0.15, 0.2) is 36.4 Å². The van der Waals surface area contributed by atoms with Gasteiger partial charge in [0.15, 0.2) is 11.7 Å². The molecule has 4 rings (SSSR count). The first-order valence-corrected chi connectivity index (χ1v) is 10.1. The molecule has 0 aliphatic heterocycles. The highest BCUT2D eigenvalue weighted by Gasteiger charge is 2.13. The quantitative estimate of drug-likeness (QED) is 0.512. The third-order valence-corrected chi connectivity index (χ3v) is 5.91. The zero-order valence-electron chi connectivity index (χ0n) is 14.8. The molecule has 0 saturated heterocycles. The number of hydrogen-bond donors (Lipinski definition) is 1. The molecule has 138 valence electrons. The van der Waals surface area contributed by atoms with Gasteiger partial charge in [0.2, 0.25) is 0 Å². The van der Waals surface area contributed by atoms with Crippen molar-refractivity contribution in [3.05, 3.63) is 41.4 Å². The SMILES string of the molecule is CCOc1ccc(OCC(=O)Nc2nc3ccc4nc(C)sc4c3s2)cc1. The predicted octanol–water partition coefficient (Wildman–Crippen LogP) is 4.63. The summed E-state index contributed by atoms with van der Waals surface area (Å²) < 4.78 is 13.1. The summed E-state index contributed by atoms with van der Waals surface area (Å²) in [6.07, 6.45) is 0. The fourth-order valence-electron chi connectivity index (χ4n) is 2.64.